The fourth-order valence-corrected chi connectivity index (χ4v) is 1.02. The van der Waals surface area contributed by atoms with Gasteiger partial charge in [-0.15, -0.1) is 0 Å². The van der Waals surface area contributed by atoms with Crippen LogP contribution in [-0.4, -0.2) is 42.0 Å². The van der Waals surface area contributed by atoms with E-state index in [4.69, 9.17) is 0 Å². The Kier molecular flexibility index (Phi) is 5.37. The van der Waals surface area contributed by atoms with E-state index in [1.165, 1.54) is 0 Å². The zero-order valence-corrected chi connectivity index (χ0v) is 10.2. The van der Waals surface area contributed by atoms with Crippen molar-refractivity contribution in [3.8, 4) is 0 Å². The number of rotatable bonds is 7. The normalized spacial score (nSPS) is 14.8. The molecule has 0 N–H and O–H groups in total. The molecule has 0 atom stereocenters. The largest absolute Gasteiger partial charge is 0.431 e. The summed E-state index contributed by atoms with van der Waals surface area (Å²) >= 11 is 0. The van der Waals surface area contributed by atoms with Gasteiger partial charge in [0.15, 0.2) is 0 Å². The molecule has 0 spiro atoms. The Labute approximate surface area is 118 Å². The summed E-state index contributed by atoms with van der Waals surface area (Å²) in [7, 11) is 0. The highest BCUT2D eigenvalue weighted by Crippen LogP contribution is 2.58. The van der Waals surface area contributed by atoms with Crippen molar-refractivity contribution in [3.63, 3.8) is 0 Å². The summed E-state index contributed by atoms with van der Waals surface area (Å²) in [6, 6.07) is 0. The van der Waals surface area contributed by atoms with Crippen molar-refractivity contribution in [1.29, 1.82) is 0 Å². The molecule has 23 heavy (non-hydrogen) atoms. The third-order valence-corrected chi connectivity index (χ3v) is 2.32. The molecule has 0 aliphatic carbocycles. The average molecular weight is 372 g/mol. The topological polar surface area (TPSA) is 26.3 Å². The fourth-order valence-electron chi connectivity index (χ4n) is 1.02. The first kappa shape index (κ1) is 21.4. The van der Waals surface area contributed by atoms with Crippen molar-refractivity contribution in [2.75, 3.05) is 0 Å². The summed E-state index contributed by atoms with van der Waals surface area (Å²) in [5.74, 6) is -40.3. The summed E-state index contributed by atoms with van der Waals surface area (Å²) in [5.41, 5.74) is 0. The number of carbonyl (C=O) groups is 1. The van der Waals surface area contributed by atoms with E-state index in [2.05, 4.69) is 11.3 Å². The molecule has 0 unspecified atom stereocenters. The predicted molar refractivity (Wildman–Crippen MR) is 47.0 cm³/mol. The maximum atomic E-state index is 12.9. The molecule has 0 saturated carbocycles. The van der Waals surface area contributed by atoms with Gasteiger partial charge in [0.25, 0.3) is 0 Å². The molecular weight excluding hydrogens is 368 g/mol. The van der Waals surface area contributed by atoms with Gasteiger partial charge in [-0.05, 0) is 0 Å². The highest BCUT2D eigenvalue weighted by Gasteiger charge is 2.89. The van der Waals surface area contributed by atoms with Crippen LogP contribution >= 0.6 is 0 Å². The first-order valence-electron chi connectivity index (χ1n) is 4.92. The molecule has 2 nitrogen and oxygen atoms in total. The van der Waals surface area contributed by atoms with Gasteiger partial charge in [-0.1, -0.05) is 6.58 Å². The molecule has 0 radical (unpaired) electrons. The van der Waals surface area contributed by atoms with Gasteiger partial charge in [0.1, 0.15) is 0 Å². The number of hydrogen-bond acceptors (Lipinski definition) is 2. The van der Waals surface area contributed by atoms with Gasteiger partial charge in [0, 0.05) is 0 Å². The highest BCUT2D eigenvalue weighted by molar-refractivity contribution is 5.79. The standard InChI is InChI=1S/C9H4F12O2/c1-2-23-4(22)6(14,15)8(18,19)9(20,21)7(16,17)5(12,13)3(10)11/h2-3H,1H2. The van der Waals surface area contributed by atoms with E-state index >= 15 is 0 Å². The van der Waals surface area contributed by atoms with Crippen molar-refractivity contribution < 1.29 is 62.2 Å². The zero-order valence-electron chi connectivity index (χ0n) is 10.2. The lowest BCUT2D eigenvalue weighted by Gasteiger charge is -2.38. The van der Waals surface area contributed by atoms with Crippen LogP contribution in [0.4, 0.5) is 52.7 Å². The quantitative estimate of drug-likeness (QED) is 0.382. The first-order valence-corrected chi connectivity index (χ1v) is 4.92. The van der Waals surface area contributed by atoms with Gasteiger partial charge in [0.05, 0.1) is 6.26 Å². The van der Waals surface area contributed by atoms with E-state index in [1.54, 1.807) is 0 Å². The third kappa shape index (κ3) is 2.82. The summed E-state index contributed by atoms with van der Waals surface area (Å²) in [5, 5.41) is 0. The molecular formula is C9H4F12O2. The highest BCUT2D eigenvalue weighted by atomic mass is 19.4. The van der Waals surface area contributed by atoms with E-state index in [0.717, 1.165) is 0 Å². The maximum Gasteiger partial charge on any atom is 0.411 e. The fraction of sp³-hybridized carbons (Fsp3) is 0.667. The monoisotopic (exact) mass is 372 g/mol. The lowest BCUT2D eigenvalue weighted by molar-refractivity contribution is -0.408. The molecule has 0 aromatic heterocycles. The van der Waals surface area contributed by atoms with Crippen LogP contribution in [0.25, 0.3) is 0 Å². The number of esters is 1. The summed E-state index contributed by atoms with van der Waals surface area (Å²) in [6.45, 7) is 2.39. The minimum absolute atomic E-state index is 0.281. The van der Waals surface area contributed by atoms with E-state index in [1.807, 2.05) is 0 Å². The van der Waals surface area contributed by atoms with Crippen LogP contribution < -0.4 is 0 Å². The summed E-state index contributed by atoms with van der Waals surface area (Å²) in [4.78, 5) is 10.4. The Bertz CT molecular complexity index is 469. The second-order valence-corrected chi connectivity index (χ2v) is 3.79. The van der Waals surface area contributed by atoms with Crippen LogP contribution in [-0.2, 0) is 9.53 Å². The van der Waals surface area contributed by atoms with Crippen molar-refractivity contribution in [1.82, 2.24) is 0 Å². The molecule has 0 aliphatic rings. The zero-order chi connectivity index (χ0) is 19.1. The Morgan fingerprint density at radius 3 is 1.52 bits per heavy atom. The van der Waals surface area contributed by atoms with Crippen LogP contribution in [0.1, 0.15) is 0 Å². The van der Waals surface area contributed by atoms with Crippen LogP contribution in [0.3, 0.4) is 0 Å². The van der Waals surface area contributed by atoms with Gasteiger partial charge in [-0.3, -0.25) is 0 Å². The van der Waals surface area contributed by atoms with E-state index in [0.29, 0.717) is 0 Å². The Morgan fingerprint density at radius 1 is 0.826 bits per heavy atom. The first-order chi connectivity index (χ1) is 9.92. The van der Waals surface area contributed by atoms with Crippen LogP contribution in [0.2, 0.25) is 0 Å². The molecule has 0 saturated heterocycles. The maximum absolute atomic E-state index is 12.9. The van der Waals surface area contributed by atoms with Gasteiger partial charge in [-0.2, -0.15) is 43.9 Å². The van der Waals surface area contributed by atoms with Crippen molar-refractivity contribution in [2.45, 2.75) is 36.0 Å². The van der Waals surface area contributed by atoms with Crippen molar-refractivity contribution in [3.05, 3.63) is 12.8 Å². The second kappa shape index (κ2) is 5.78. The summed E-state index contributed by atoms with van der Waals surface area (Å²) in [6.07, 6.45) is -5.89. The number of hydrogen-bond donors (Lipinski definition) is 0. The molecule has 0 aliphatic heterocycles. The molecule has 0 heterocycles. The van der Waals surface area contributed by atoms with Gasteiger partial charge in [-0.25, -0.2) is 13.6 Å². The molecule has 14 heteroatoms. The molecule has 0 amide bonds. The number of carbonyl (C=O) groups excluding carboxylic acids is 1. The van der Waals surface area contributed by atoms with Crippen molar-refractivity contribution in [2.24, 2.45) is 0 Å². The molecule has 136 valence electrons. The minimum Gasteiger partial charge on any atom is -0.431 e. The lowest BCUT2D eigenvalue weighted by atomic mass is 9.94. The summed E-state index contributed by atoms with van der Waals surface area (Å²) < 4.78 is 154. The molecule has 0 aromatic carbocycles. The van der Waals surface area contributed by atoms with Gasteiger partial charge in [0.2, 0.25) is 0 Å². The molecule has 0 bridgehead atoms. The van der Waals surface area contributed by atoms with Gasteiger partial charge >= 0.3 is 42.0 Å². The second-order valence-electron chi connectivity index (χ2n) is 3.79. The number of ether oxygens (including phenoxy) is 1. The number of alkyl halides is 12. The van der Waals surface area contributed by atoms with Crippen LogP contribution in [0.15, 0.2) is 12.8 Å². The Morgan fingerprint density at radius 2 is 1.22 bits per heavy atom. The van der Waals surface area contributed by atoms with Gasteiger partial charge < -0.3 is 4.74 Å². The lowest BCUT2D eigenvalue weighted by Crippen LogP contribution is -2.70. The SMILES string of the molecule is C=COC(=O)C(F)(F)C(F)(F)C(F)(F)C(F)(F)C(F)(F)C(F)F. The Balaban J connectivity index is 6.16. The smallest absolute Gasteiger partial charge is 0.411 e. The van der Waals surface area contributed by atoms with Crippen LogP contribution in [0, 0.1) is 0 Å². The number of halogens is 12. The molecule has 0 aromatic rings. The third-order valence-electron chi connectivity index (χ3n) is 2.32. The molecule has 0 fully saturated rings. The van der Waals surface area contributed by atoms with Crippen molar-refractivity contribution >= 4 is 5.97 Å². The Hall–Kier alpha value is -1.63. The average Bonchev–Trinajstić information content (AvgIpc) is 2.37. The molecule has 0 rings (SSSR count). The van der Waals surface area contributed by atoms with E-state index in [-0.39, 0.29) is 6.26 Å². The minimum atomic E-state index is -7.76. The van der Waals surface area contributed by atoms with E-state index in [9.17, 15) is 57.5 Å². The van der Waals surface area contributed by atoms with E-state index < -0.39 is 42.0 Å². The van der Waals surface area contributed by atoms with Crippen LogP contribution in [0.5, 0.6) is 0 Å². The predicted octanol–water partition coefficient (Wildman–Crippen LogP) is 4.11.